The second-order valence-electron chi connectivity index (χ2n) is 4.28. The smallest absolute Gasteiger partial charge is 0.331 e. The van der Waals surface area contributed by atoms with Gasteiger partial charge in [-0.1, -0.05) is 0 Å². The molecule has 0 amide bonds. The summed E-state index contributed by atoms with van der Waals surface area (Å²) in [5, 5.41) is 0. The Morgan fingerprint density at radius 3 is 2.62 bits per heavy atom. The molecule has 4 heteroatoms. The Morgan fingerprint density at radius 2 is 2.12 bits per heavy atom. The van der Waals surface area contributed by atoms with Gasteiger partial charge in [0.15, 0.2) is 0 Å². The third-order valence-corrected chi connectivity index (χ3v) is 1.57. The third-order valence-electron chi connectivity index (χ3n) is 1.57. The SMILES string of the molecule is CC(C)(C)OC(=O)/C=C/c1ccc(F)nc1. The van der Waals surface area contributed by atoms with E-state index in [1.165, 1.54) is 30.5 Å². The molecule has 0 atom stereocenters. The van der Waals surface area contributed by atoms with Crippen molar-refractivity contribution in [2.75, 3.05) is 0 Å². The van der Waals surface area contributed by atoms with Gasteiger partial charge in [0.05, 0.1) is 0 Å². The zero-order valence-corrected chi connectivity index (χ0v) is 9.53. The molecule has 0 aliphatic heterocycles. The number of carbonyl (C=O) groups is 1. The first-order valence-electron chi connectivity index (χ1n) is 4.89. The van der Waals surface area contributed by atoms with E-state index in [9.17, 15) is 9.18 Å². The molecule has 0 aliphatic rings. The molecule has 1 aromatic heterocycles. The van der Waals surface area contributed by atoms with Gasteiger partial charge in [0.1, 0.15) is 5.60 Å². The number of esters is 1. The molecule has 0 aromatic carbocycles. The molecule has 0 aliphatic carbocycles. The normalized spacial score (nSPS) is 11.8. The lowest BCUT2D eigenvalue weighted by Crippen LogP contribution is -2.22. The molecular weight excluding hydrogens is 209 g/mol. The summed E-state index contributed by atoms with van der Waals surface area (Å²) in [6.07, 6.45) is 4.16. The van der Waals surface area contributed by atoms with Crippen molar-refractivity contribution in [3.8, 4) is 0 Å². The summed E-state index contributed by atoms with van der Waals surface area (Å²) in [6.45, 7) is 5.37. The Morgan fingerprint density at radius 1 is 1.44 bits per heavy atom. The van der Waals surface area contributed by atoms with Crippen molar-refractivity contribution < 1.29 is 13.9 Å². The van der Waals surface area contributed by atoms with E-state index < -0.39 is 17.5 Å². The second-order valence-corrected chi connectivity index (χ2v) is 4.28. The van der Waals surface area contributed by atoms with E-state index in [2.05, 4.69) is 4.98 Å². The predicted molar refractivity (Wildman–Crippen MR) is 59.1 cm³/mol. The van der Waals surface area contributed by atoms with Gasteiger partial charge in [0.25, 0.3) is 0 Å². The van der Waals surface area contributed by atoms with Crippen molar-refractivity contribution in [1.29, 1.82) is 0 Å². The maximum Gasteiger partial charge on any atom is 0.331 e. The minimum atomic E-state index is -0.547. The Balaban J connectivity index is 2.60. The zero-order chi connectivity index (χ0) is 12.2. The predicted octanol–water partition coefficient (Wildman–Crippen LogP) is 2.58. The molecule has 0 spiro atoms. The van der Waals surface area contributed by atoms with Crippen molar-refractivity contribution in [2.45, 2.75) is 26.4 Å². The quantitative estimate of drug-likeness (QED) is 0.439. The highest BCUT2D eigenvalue weighted by atomic mass is 19.1. The van der Waals surface area contributed by atoms with Gasteiger partial charge in [-0.15, -0.1) is 0 Å². The van der Waals surface area contributed by atoms with Crippen LogP contribution in [0, 0.1) is 5.95 Å². The molecule has 16 heavy (non-hydrogen) atoms. The number of rotatable bonds is 2. The summed E-state index contributed by atoms with van der Waals surface area (Å²) in [4.78, 5) is 14.8. The van der Waals surface area contributed by atoms with E-state index in [0.717, 1.165) is 0 Å². The Labute approximate surface area is 94.0 Å². The summed E-state index contributed by atoms with van der Waals surface area (Å²) < 4.78 is 17.5. The number of pyridine rings is 1. The molecule has 3 nitrogen and oxygen atoms in total. The Hall–Kier alpha value is -1.71. The zero-order valence-electron chi connectivity index (χ0n) is 9.53. The molecule has 0 saturated carbocycles. The molecular formula is C12H14FNO2. The van der Waals surface area contributed by atoms with Crippen LogP contribution in [-0.2, 0) is 9.53 Å². The number of hydrogen-bond acceptors (Lipinski definition) is 3. The fourth-order valence-electron chi connectivity index (χ4n) is 0.986. The standard InChI is InChI=1S/C12H14FNO2/c1-12(2,3)16-11(15)7-5-9-4-6-10(13)14-8-9/h4-8H,1-3H3/b7-5+. The monoisotopic (exact) mass is 223 g/mol. The van der Waals surface area contributed by atoms with Crippen LogP contribution in [0.3, 0.4) is 0 Å². The number of ether oxygens (including phenoxy) is 1. The van der Waals surface area contributed by atoms with E-state index in [1.54, 1.807) is 20.8 Å². The van der Waals surface area contributed by atoms with Gasteiger partial charge in [-0.3, -0.25) is 0 Å². The number of halogens is 1. The molecule has 0 N–H and O–H groups in total. The molecule has 0 saturated heterocycles. The van der Waals surface area contributed by atoms with E-state index in [4.69, 9.17) is 4.74 Å². The topological polar surface area (TPSA) is 39.2 Å². The molecule has 86 valence electrons. The van der Waals surface area contributed by atoms with Gasteiger partial charge < -0.3 is 4.74 Å². The van der Waals surface area contributed by atoms with Gasteiger partial charge in [-0.05, 0) is 44.5 Å². The molecule has 0 unspecified atom stereocenters. The van der Waals surface area contributed by atoms with E-state index >= 15 is 0 Å². The number of nitrogens with zero attached hydrogens (tertiary/aromatic N) is 1. The van der Waals surface area contributed by atoms with Gasteiger partial charge in [0.2, 0.25) is 5.95 Å². The van der Waals surface area contributed by atoms with E-state index in [1.807, 2.05) is 0 Å². The second kappa shape index (κ2) is 4.88. The summed E-state index contributed by atoms with van der Waals surface area (Å²) in [6, 6.07) is 2.76. The van der Waals surface area contributed by atoms with Crippen molar-refractivity contribution in [1.82, 2.24) is 4.98 Å². The van der Waals surface area contributed by atoms with Crippen LogP contribution in [0.1, 0.15) is 26.3 Å². The minimum Gasteiger partial charge on any atom is -0.457 e. The number of aromatic nitrogens is 1. The Bertz CT molecular complexity index is 390. The lowest BCUT2D eigenvalue weighted by atomic mass is 10.2. The van der Waals surface area contributed by atoms with Gasteiger partial charge >= 0.3 is 5.97 Å². The molecule has 1 aromatic rings. The Kier molecular flexibility index (Phi) is 3.77. The van der Waals surface area contributed by atoms with Crippen LogP contribution in [-0.4, -0.2) is 16.6 Å². The summed E-state index contributed by atoms with van der Waals surface area (Å²) in [7, 11) is 0. The average Bonchev–Trinajstić information content (AvgIpc) is 2.14. The first kappa shape index (κ1) is 12.4. The highest BCUT2D eigenvalue weighted by Crippen LogP contribution is 2.08. The maximum absolute atomic E-state index is 12.5. The highest BCUT2D eigenvalue weighted by Gasteiger charge is 2.13. The summed E-state index contributed by atoms with van der Waals surface area (Å²) in [5.74, 6) is -0.980. The van der Waals surface area contributed by atoms with Crippen molar-refractivity contribution in [2.24, 2.45) is 0 Å². The number of hydrogen-bond donors (Lipinski definition) is 0. The molecule has 1 heterocycles. The average molecular weight is 223 g/mol. The van der Waals surface area contributed by atoms with E-state index in [0.29, 0.717) is 5.56 Å². The van der Waals surface area contributed by atoms with Crippen LogP contribution >= 0.6 is 0 Å². The third kappa shape index (κ3) is 4.68. The molecule has 0 bridgehead atoms. The highest BCUT2D eigenvalue weighted by molar-refractivity contribution is 5.87. The first-order valence-corrected chi connectivity index (χ1v) is 4.89. The van der Waals surface area contributed by atoms with Gasteiger partial charge in [0, 0.05) is 12.3 Å². The van der Waals surface area contributed by atoms with Crippen molar-refractivity contribution in [3.63, 3.8) is 0 Å². The fourth-order valence-corrected chi connectivity index (χ4v) is 0.986. The lowest BCUT2D eigenvalue weighted by molar-refractivity contribution is -0.148. The van der Waals surface area contributed by atoms with Crippen LogP contribution in [0.15, 0.2) is 24.4 Å². The van der Waals surface area contributed by atoms with Gasteiger partial charge in [-0.25, -0.2) is 9.78 Å². The van der Waals surface area contributed by atoms with Crippen LogP contribution < -0.4 is 0 Å². The van der Waals surface area contributed by atoms with Crippen LogP contribution in [0.5, 0.6) is 0 Å². The molecule has 0 fully saturated rings. The van der Waals surface area contributed by atoms with Crippen molar-refractivity contribution >= 4 is 12.0 Å². The van der Waals surface area contributed by atoms with Crippen LogP contribution in [0.4, 0.5) is 4.39 Å². The fraction of sp³-hybridized carbons (Fsp3) is 0.333. The largest absolute Gasteiger partial charge is 0.457 e. The summed E-state index contributed by atoms with van der Waals surface area (Å²) in [5.41, 5.74) is 0.134. The van der Waals surface area contributed by atoms with Crippen molar-refractivity contribution in [3.05, 3.63) is 35.9 Å². The number of carbonyl (C=O) groups excluding carboxylic acids is 1. The minimum absolute atomic E-state index is 0.433. The molecule has 0 radical (unpaired) electrons. The van der Waals surface area contributed by atoms with Gasteiger partial charge in [-0.2, -0.15) is 4.39 Å². The van der Waals surface area contributed by atoms with E-state index in [-0.39, 0.29) is 0 Å². The molecule has 1 rings (SSSR count). The summed E-state index contributed by atoms with van der Waals surface area (Å²) >= 11 is 0. The van der Waals surface area contributed by atoms with Crippen LogP contribution in [0.25, 0.3) is 6.08 Å². The maximum atomic E-state index is 12.5. The lowest BCUT2D eigenvalue weighted by Gasteiger charge is -2.17. The first-order chi connectivity index (χ1) is 7.37. The van der Waals surface area contributed by atoms with Crippen LogP contribution in [0.2, 0.25) is 0 Å².